The Morgan fingerprint density at radius 2 is 0.435 bits per heavy atom. The van der Waals surface area contributed by atoms with E-state index in [0.29, 0.717) is 5.41 Å². The average molecular weight is 1710 g/mol. The van der Waals surface area contributed by atoms with Crippen molar-refractivity contribution >= 4 is 21.5 Å². The predicted octanol–water partition coefficient (Wildman–Crippen LogP) is 35.9. The molecule has 0 N–H and O–H groups in total. The van der Waals surface area contributed by atoms with Gasteiger partial charge in [0.25, 0.3) is 0 Å². The van der Waals surface area contributed by atoms with Gasteiger partial charge in [0.2, 0.25) is 0 Å². The third kappa shape index (κ3) is 19.0. The summed E-state index contributed by atoms with van der Waals surface area (Å²) in [6.07, 6.45) is 0. The highest BCUT2D eigenvalue weighted by Gasteiger charge is 2.52. The second-order valence-corrected chi connectivity index (χ2v) is 44.0. The van der Waals surface area contributed by atoms with Gasteiger partial charge in [-0.2, -0.15) is 0 Å². The SMILES string of the molecule is CC(C)(C)c1ccc(-c2ccccc2)cc1.CC(C)(C)c1ccc2c(c1)C(C)(C)c1ccccc1-2.CC(C)(C)c1ccc2c(c1)C(c1ccccc1)(c1ccccc1)c1ccccc1-2.CC(C)(C)c1ccc2c(c1)C1(c3ccccc3-c3ccccc31)c1ccccc1-2.CC(C)(C)c1ccc2ccccc2c1.CC(C)(C)c1cccc2ccccc12.CC(C)(C)c1ccccc1. The fraction of sp³-hybridized carbons (Fsp3) is 0.252. The first-order valence-electron chi connectivity index (χ1n) is 47.5. The Balaban J connectivity index is 0.000000121. The Morgan fingerprint density at radius 1 is 0.160 bits per heavy atom. The van der Waals surface area contributed by atoms with Crippen LogP contribution in [0.15, 0.2) is 406 Å². The molecule has 0 radical (unpaired) electrons. The Hall–Kier alpha value is -12.7. The third-order valence-electron chi connectivity index (χ3n) is 27.3. The van der Waals surface area contributed by atoms with Gasteiger partial charge >= 0.3 is 0 Å². The number of hydrogen-bond acceptors (Lipinski definition) is 0. The monoisotopic (exact) mass is 1710 g/mol. The fourth-order valence-corrected chi connectivity index (χ4v) is 19.9. The van der Waals surface area contributed by atoms with E-state index in [-0.39, 0.29) is 48.7 Å². The summed E-state index contributed by atoms with van der Waals surface area (Å²) < 4.78 is 0. The average Bonchev–Trinajstić information content (AvgIpc) is 1.51. The summed E-state index contributed by atoms with van der Waals surface area (Å²) in [5, 5.41) is 5.36. The second kappa shape index (κ2) is 36.9. The van der Waals surface area contributed by atoms with Crippen LogP contribution in [-0.2, 0) is 54.1 Å². The number of fused-ring (bicyclic) bond motifs is 18. The molecule has 0 heterocycles. The fourth-order valence-electron chi connectivity index (χ4n) is 19.9. The van der Waals surface area contributed by atoms with Crippen LogP contribution in [0.2, 0.25) is 0 Å². The van der Waals surface area contributed by atoms with Gasteiger partial charge in [-0.1, -0.05) is 566 Å². The van der Waals surface area contributed by atoms with Crippen LogP contribution in [-0.4, -0.2) is 0 Å². The van der Waals surface area contributed by atoms with Crippen molar-refractivity contribution in [1.29, 1.82) is 0 Å². The minimum Gasteiger partial charge on any atom is -0.0622 e. The van der Waals surface area contributed by atoms with E-state index in [2.05, 4.69) is 560 Å². The highest BCUT2D eigenvalue weighted by molar-refractivity contribution is 5.96. The summed E-state index contributed by atoms with van der Waals surface area (Å²) in [7, 11) is 0. The van der Waals surface area contributed by atoms with Gasteiger partial charge in [-0.05, 0) is 210 Å². The molecule has 131 heavy (non-hydrogen) atoms. The van der Waals surface area contributed by atoms with Crippen LogP contribution in [0.4, 0.5) is 0 Å². The first-order valence-corrected chi connectivity index (χ1v) is 47.5. The van der Waals surface area contributed by atoms with Gasteiger partial charge in [0.15, 0.2) is 0 Å². The molecule has 17 aromatic carbocycles. The molecular weight excluding hydrogens is 1570 g/mol. The summed E-state index contributed by atoms with van der Waals surface area (Å²) in [5.41, 5.74) is 38.4. The summed E-state index contributed by atoms with van der Waals surface area (Å²) in [5.74, 6) is 0. The van der Waals surface area contributed by atoms with E-state index in [0.717, 1.165) is 0 Å². The van der Waals surface area contributed by atoms with Crippen molar-refractivity contribution in [3.05, 3.63) is 501 Å². The van der Waals surface area contributed by atoms with E-state index in [1.165, 1.54) is 172 Å². The zero-order valence-electron chi connectivity index (χ0n) is 82.2. The number of benzene rings is 17. The second-order valence-electron chi connectivity index (χ2n) is 44.0. The maximum atomic E-state index is 2.48. The molecule has 17 aromatic rings. The number of rotatable bonds is 3. The molecule has 0 fully saturated rings. The first kappa shape index (κ1) is 93.0. The standard InChI is InChI=1S/C29H24.C29H26.C19H22.C16H18.2C14H16.C10H14/c1-28(2,3)19-16-17-23-22-12-6-9-15-26(22)29(27(23)18-19)24-13-7-4-10-20(24)21-11-5-8-14-25(21)29;1-28(2,3)23-18-19-25-24-16-10-11-17-26(24)29(27(25)20-23,21-12-6-4-7-13-21)22-14-8-5-9-15-22;1-18(2,3)13-10-11-15-14-8-6-7-9-16(14)19(4,5)17(15)12-13;1-16(2,3)15-11-9-14(10-12-15)13-7-5-4-6-8-13;1-14(2,3)13-10-6-8-11-7-4-5-9-12(11)13;1-14(2,3)13-9-8-11-6-4-5-7-12(11)10-13;1-10(2,3)9-7-5-4-6-8-9/h4-18H,1-3H3;4-20H,1-3H3;6-12H,1-5H3;4-12H,1-3H3;2*4-10H,1-3H3;4-8H,1-3H3. The van der Waals surface area contributed by atoms with Crippen LogP contribution in [0.25, 0.3) is 77.2 Å². The Morgan fingerprint density at radius 3 is 0.847 bits per heavy atom. The van der Waals surface area contributed by atoms with Gasteiger partial charge in [0, 0.05) is 5.41 Å². The molecule has 4 aliphatic rings. The zero-order valence-corrected chi connectivity index (χ0v) is 82.2. The molecule has 0 saturated heterocycles. The molecule has 0 bridgehead atoms. The minimum atomic E-state index is -0.296. The van der Waals surface area contributed by atoms with E-state index in [1.54, 1.807) is 0 Å². The van der Waals surface area contributed by atoms with Crippen LogP contribution in [0.3, 0.4) is 0 Å². The van der Waals surface area contributed by atoms with Gasteiger partial charge in [0.05, 0.1) is 10.8 Å². The maximum Gasteiger partial charge on any atom is 0.0725 e. The Kier molecular flexibility index (Phi) is 26.2. The van der Waals surface area contributed by atoms with Crippen LogP contribution in [0.5, 0.6) is 0 Å². The van der Waals surface area contributed by atoms with Gasteiger partial charge in [-0.15, -0.1) is 0 Å². The van der Waals surface area contributed by atoms with Crippen LogP contribution in [0, 0.1) is 0 Å². The lowest BCUT2D eigenvalue weighted by molar-refractivity contribution is 0.584. The molecule has 0 aliphatic heterocycles. The summed E-state index contributed by atoms with van der Waals surface area (Å²) in [6, 6.07) is 148. The molecule has 0 nitrogen and oxygen atoms in total. The molecule has 0 unspecified atom stereocenters. The van der Waals surface area contributed by atoms with Crippen molar-refractivity contribution in [3.63, 3.8) is 0 Å². The smallest absolute Gasteiger partial charge is 0.0622 e. The molecular formula is C131H136. The largest absolute Gasteiger partial charge is 0.0725 e. The van der Waals surface area contributed by atoms with Gasteiger partial charge in [0.1, 0.15) is 0 Å². The van der Waals surface area contributed by atoms with E-state index in [4.69, 9.17) is 0 Å². The van der Waals surface area contributed by atoms with E-state index >= 15 is 0 Å². The molecule has 21 rings (SSSR count). The summed E-state index contributed by atoms with van der Waals surface area (Å²) >= 11 is 0. The quantitative estimate of drug-likeness (QED) is 0.165. The van der Waals surface area contributed by atoms with Crippen molar-refractivity contribution in [2.45, 2.75) is 213 Å². The van der Waals surface area contributed by atoms with Crippen LogP contribution >= 0.6 is 0 Å². The highest BCUT2D eigenvalue weighted by atomic mass is 14.5. The lowest BCUT2D eigenvalue weighted by atomic mass is 9.67. The van der Waals surface area contributed by atoms with Gasteiger partial charge in [-0.3, -0.25) is 0 Å². The molecule has 0 amide bonds. The van der Waals surface area contributed by atoms with Gasteiger partial charge in [-0.25, -0.2) is 0 Å². The van der Waals surface area contributed by atoms with Crippen molar-refractivity contribution < 1.29 is 0 Å². The van der Waals surface area contributed by atoms with Gasteiger partial charge < -0.3 is 0 Å². The van der Waals surface area contributed by atoms with E-state index in [9.17, 15) is 0 Å². The molecule has 660 valence electrons. The highest BCUT2D eigenvalue weighted by Crippen LogP contribution is 2.64. The van der Waals surface area contributed by atoms with E-state index in [1.807, 2.05) is 6.07 Å². The Bertz CT molecular complexity index is 6610. The lowest BCUT2D eigenvalue weighted by Crippen LogP contribution is -2.29. The molecule has 0 heteroatoms. The topological polar surface area (TPSA) is 0 Å². The van der Waals surface area contributed by atoms with Crippen molar-refractivity contribution in [3.8, 4) is 55.6 Å². The van der Waals surface area contributed by atoms with Crippen molar-refractivity contribution in [1.82, 2.24) is 0 Å². The predicted molar refractivity (Wildman–Crippen MR) is 568 cm³/mol. The normalized spacial score (nSPS) is 13.6. The molecule has 0 aromatic heterocycles. The van der Waals surface area contributed by atoms with Crippen LogP contribution < -0.4 is 0 Å². The minimum absolute atomic E-state index is 0.100. The Labute approximate surface area is 786 Å². The number of hydrogen-bond donors (Lipinski definition) is 0. The van der Waals surface area contributed by atoms with E-state index < -0.39 is 0 Å². The summed E-state index contributed by atoms with van der Waals surface area (Å²) in [4.78, 5) is 0. The van der Waals surface area contributed by atoms with Crippen molar-refractivity contribution in [2.24, 2.45) is 0 Å². The van der Waals surface area contributed by atoms with Crippen molar-refractivity contribution in [2.75, 3.05) is 0 Å². The molecule has 4 aliphatic carbocycles. The molecule has 0 saturated carbocycles. The first-order chi connectivity index (χ1) is 62.2. The lowest BCUT2D eigenvalue weighted by Gasteiger charge is -2.34. The van der Waals surface area contributed by atoms with Crippen LogP contribution in [0.1, 0.15) is 254 Å². The zero-order chi connectivity index (χ0) is 93.3. The molecule has 0 atom stereocenters. The third-order valence-corrected chi connectivity index (χ3v) is 27.3. The summed E-state index contributed by atoms with van der Waals surface area (Å²) in [6.45, 7) is 52.2. The molecule has 1 spiro atoms. The maximum absolute atomic E-state index is 2.48.